The van der Waals surface area contributed by atoms with Crippen LogP contribution >= 0.6 is 24.0 Å². The minimum absolute atomic E-state index is 0.218. The van der Waals surface area contributed by atoms with Gasteiger partial charge in [-0.3, -0.25) is 24.2 Å². The third kappa shape index (κ3) is 3.70. The predicted octanol–water partition coefficient (Wildman–Crippen LogP) is 3.38. The number of carbonyl (C=O) groups excluding carboxylic acids is 3. The molecule has 2 aromatic rings. The Balaban J connectivity index is 1.74. The molecule has 0 atom stereocenters. The summed E-state index contributed by atoms with van der Waals surface area (Å²) in [6, 6.07) is 14.0. The number of thioether (sulfide) groups is 1. The van der Waals surface area contributed by atoms with Crippen molar-refractivity contribution in [2.24, 2.45) is 0 Å². The van der Waals surface area contributed by atoms with Gasteiger partial charge in [-0.1, -0.05) is 42.2 Å². The van der Waals surface area contributed by atoms with E-state index >= 15 is 0 Å². The Morgan fingerprint density at radius 3 is 2.45 bits per heavy atom. The topological polar surface area (TPSA) is 76.2 Å². The number of fused-ring (bicyclic) bond motifs is 1. The standard InChI is InChI=1S/C22H18N2O5S2/c1-3-29-17(25)12-23-16-7-5-4-6-15(16)18(20(23)26)19-21(27)24(22(30)31-19)13-8-10-14(28-2)11-9-13/h4-11H,3,12H2,1-2H3. The molecule has 0 bridgehead atoms. The lowest BCUT2D eigenvalue weighted by Gasteiger charge is -2.16. The van der Waals surface area contributed by atoms with E-state index in [-0.39, 0.29) is 29.5 Å². The van der Waals surface area contributed by atoms with Crippen LogP contribution in [0, 0.1) is 0 Å². The molecule has 4 rings (SSSR count). The molecule has 0 aliphatic carbocycles. The molecule has 0 aromatic heterocycles. The number of methoxy groups -OCH3 is 1. The van der Waals surface area contributed by atoms with Crippen LogP contribution in [0.3, 0.4) is 0 Å². The van der Waals surface area contributed by atoms with Gasteiger partial charge in [0, 0.05) is 5.56 Å². The van der Waals surface area contributed by atoms with Gasteiger partial charge in [0.25, 0.3) is 11.8 Å². The molecule has 0 unspecified atom stereocenters. The van der Waals surface area contributed by atoms with Crippen LogP contribution in [0.1, 0.15) is 12.5 Å². The van der Waals surface area contributed by atoms with Gasteiger partial charge in [0.05, 0.1) is 35.6 Å². The number of nitrogens with zero attached hydrogens (tertiary/aromatic N) is 2. The number of carbonyl (C=O) groups is 3. The summed E-state index contributed by atoms with van der Waals surface area (Å²) in [6.07, 6.45) is 0. The molecule has 31 heavy (non-hydrogen) atoms. The first kappa shape index (κ1) is 21.1. The van der Waals surface area contributed by atoms with E-state index in [0.29, 0.717) is 27.0 Å². The van der Waals surface area contributed by atoms with Gasteiger partial charge < -0.3 is 9.47 Å². The van der Waals surface area contributed by atoms with E-state index in [9.17, 15) is 14.4 Å². The number of amides is 2. The van der Waals surface area contributed by atoms with E-state index in [1.165, 1.54) is 9.80 Å². The van der Waals surface area contributed by atoms with E-state index in [1.54, 1.807) is 62.6 Å². The molecule has 7 nitrogen and oxygen atoms in total. The molecule has 0 radical (unpaired) electrons. The second-order valence-corrected chi connectivity index (χ2v) is 8.27. The van der Waals surface area contributed by atoms with E-state index in [1.807, 2.05) is 0 Å². The van der Waals surface area contributed by atoms with Crippen molar-refractivity contribution < 1.29 is 23.9 Å². The molecule has 2 aliphatic rings. The van der Waals surface area contributed by atoms with Gasteiger partial charge in [-0.05, 0) is 37.3 Å². The lowest BCUT2D eigenvalue weighted by Crippen LogP contribution is -2.34. The van der Waals surface area contributed by atoms with Gasteiger partial charge >= 0.3 is 5.97 Å². The third-order valence-electron chi connectivity index (χ3n) is 4.84. The number of esters is 1. The Morgan fingerprint density at radius 2 is 1.77 bits per heavy atom. The monoisotopic (exact) mass is 454 g/mol. The fraction of sp³-hybridized carbons (Fsp3) is 0.182. The minimum Gasteiger partial charge on any atom is -0.497 e. The third-order valence-corrected chi connectivity index (χ3v) is 6.22. The number of ether oxygens (including phenoxy) is 2. The molecule has 2 amide bonds. The van der Waals surface area contributed by atoms with Crippen LogP contribution in [0.25, 0.3) is 5.57 Å². The largest absolute Gasteiger partial charge is 0.497 e. The molecule has 1 fully saturated rings. The van der Waals surface area contributed by atoms with Gasteiger partial charge in [-0.25, -0.2) is 0 Å². The summed E-state index contributed by atoms with van der Waals surface area (Å²) in [5, 5.41) is 0. The Kier molecular flexibility index (Phi) is 5.79. The summed E-state index contributed by atoms with van der Waals surface area (Å²) in [6.45, 7) is 1.69. The zero-order chi connectivity index (χ0) is 22.1. The number of benzene rings is 2. The predicted molar refractivity (Wildman–Crippen MR) is 123 cm³/mol. The zero-order valence-corrected chi connectivity index (χ0v) is 18.4. The number of para-hydroxylation sites is 1. The molecular weight excluding hydrogens is 436 g/mol. The maximum atomic E-state index is 13.3. The van der Waals surface area contributed by atoms with E-state index in [2.05, 4.69) is 0 Å². The van der Waals surface area contributed by atoms with Crippen molar-refractivity contribution in [2.75, 3.05) is 30.1 Å². The van der Waals surface area contributed by atoms with Gasteiger partial charge in [-0.2, -0.15) is 0 Å². The molecule has 9 heteroatoms. The average molecular weight is 455 g/mol. The van der Waals surface area contributed by atoms with E-state index < -0.39 is 11.9 Å². The van der Waals surface area contributed by atoms with Crippen LogP contribution in [0.15, 0.2) is 53.4 Å². The van der Waals surface area contributed by atoms with Gasteiger partial charge in [0.1, 0.15) is 12.3 Å². The minimum atomic E-state index is -0.516. The summed E-state index contributed by atoms with van der Waals surface area (Å²) in [4.78, 5) is 41.6. The average Bonchev–Trinajstić information content (AvgIpc) is 3.21. The summed E-state index contributed by atoms with van der Waals surface area (Å²) in [7, 11) is 1.56. The summed E-state index contributed by atoms with van der Waals surface area (Å²) < 4.78 is 10.5. The Morgan fingerprint density at radius 1 is 1.06 bits per heavy atom. The van der Waals surface area contributed by atoms with E-state index in [4.69, 9.17) is 21.7 Å². The van der Waals surface area contributed by atoms with Gasteiger partial charge in [0.2, 0.25) is 0 Å². The highest BCUT2D eigenvalue weighted by Crippen LogP contribution is 2.45. The fourth-order valence-electron chi connectivity index (χ4n) is 3.47. The molecule has 2 heterocycles. The van der Waals surface area contributed by atoms with Crippen molar-refractivity contribution >= 4 is 63.0 Å². The van der Waals surface area contributed by atoms with Crippen molar-refractivity contribution in [3.05, 3.63) is 59.0 Å². The summed E-state index contributed by atoms with van der Waals surface area (Å²) in [5.41, 5.74) is 1.98. The number of hydrogen-bond donors (Lipinski definition) is 0. The lowest BCUT2D eigenvalue weighted by atomic mass is 10.1. The van der Waals surface area contributed by atoms with Crippen LogP contribution in [-0.4, -0.2) is 42.4 Å². The molecule has 2 aromatic carbocycles. The van der Waals surface area contributed by atoms with Crippen molar-refractivity contribution in [3.8, 4) is 5.75 Å². The Hall–Kier alpha value is -3.17. The maximum absolute atomic E-state index is 13.3. The van der Waals surface area contributed by atoms with Crippen LogP contribution in [0.2, 0.25) is 0 Å². The first-order chi connectivity index (χ1) is 15.0. The Bertz CT molecular complexity index is 1130. The smallest absolute Gasteiger partial charge is 0.326 e. The second kappa shape index (κ2) is 8.52. The number of anilines is 2. The number of hydrogen-bond acceptors (Lipinski definition) is 7. The highest BCUT2D eigenvalue weighted by atomic mass is 32.2. The highest BCUT2D eigenvalue weighted by Gasteiger charge is 2.43. The quantitative estimate of drug-likeness (QED) is 0.389. The van der Waals surface area contributed by atoms with Crippen LogP contribution in [-0.2, 0) is 19.1 Å². The molecular formula is C22H18N2O5S2. The van der Waals surface area contributed by atoms with Crippen LogP contribution in [0.4, 0.5) is 11.4 Å². The number of thiocarbonyl (C=S) groups is 1. The second-order valence-electron chi connectivity index (χ2n) is 6.62. The van der Waals surface area contributed by atoms with Crippen LogP contribution < -0.4 is 14.5 Å². The molecule has 0 spiro atoms. The summed E-state index contributed by atoms with van der Waals surface area (Å²) in [5.74, 6) is -0.666. The molecule has 158 valence electrons. The first-order valence-corrected chi connectivity index (χ1v) is 10.7. The molecule has 0 N–H and O–H groups in total. The first-order valence-electron chi connectivity index (χ1n) is 9.47. The number of rotatable bonds is 5. The zero-order valence-electron chi connectivity index (χ0n) is 16.8. The van der Waals surface area contributed by atoms with E-state index in [0.717, 1.165) is 11.8 Å². The van der Waals surface area contributed by atoms with Crippen molar-refractivity contribution in [1.82, 2.24) is 0 Å². The maximum Gasteiger partial charge on any atom is 0.326 e. The lowest BCUT2D eigenvalue weighted by molar-refractivity contribution is -0.142. The summed E-state index contributed by atoms with van der Waals surface area (Å²) >= 11 is 6.52. The van der Waals surface area contributed by atoms with Gasteiger partial charge in [0.15, 0.2) is 4.32 Å². The SMILES string of the molecule is CCOC(=O)CN1C(=O)C(=C2SC(=S)N(c3ccc(OC)cc3)C2=O)c2ccccc21. The van der Waals surface area contributed by atoms with Crippen molar-refractivity contribution in [3.63, 3.8) is 0 Å². The molecule has 2 aliphatic heterocycles. The Labute approximate surface area is 188 Å². The molecule has 0 saturated carbocycles. The molecule has 1 saturated heterocycles. The highest BCUT2D eigenvalue weighted by molar-refractivity contribution is 8.27. The normalized spacial score (nSPS) is 17.9. The van der Waals surface area contributed by atoms with Gasteiger partial charge in [-0.15, -0.1) is 0 Å². The van der Waals surface area contributed by atoms with Crippen molar-refractivity contribution in [1.29, 1.82) is 0 Å². The fourth-order valence-corrected chi connectivity index (χ4v) is 4.84. The van der Waals surface area contributed by atoms with Crippen LogP contribution in [0.5, 0.6) is 5.75 Å². The van der Waals surface area contributed by atoms with Crippen molar-refractivity contribution in [2.45, 2.75) is 6.92 Å².